The molecule has 17 heavy (non-hydrogen) atoms. The Morgan fingerprint density at radius 1 is 1.12 bits per heavy atom. The molecule has 0 aromatic heterocycles. The van der Waals surface area contributed by atoms with Crippen LogP contribution in [0.3, 0.4) is 0 Å². The fourth-order valence-electron chi connectivity index (χ4n) is 3.79. The zero-order valence-corrected chi connectivity index (χ0v) is 11.4. The summed E-state index contributed by atoms with van der Waals surface area (Å²) in [5.74, 6) is 0.736. The van der Waals surface area contributed by atoms with Crippen molar-refractivity contribution in [1.29, 1.82) is 0 Å². The number of rotatable bonds is 4. The van der Waals surface area contributed by atoms with E-state index in [1.165, 1.54) is 44.9 Å². The molecule has 0 radical (unpaired) electrons. The molecule has 2 aliphatic rings. The van der Waals surface area contributed by atoms with Crippen LogP contribution in [0, 0.1) is 5.92 Å². The number of methoxy groups -OCH3 is 1. The summed E-state index contributed by atoms with van der Waals surface area (Å²) in [6, 6.07) is 1.50. The quantitative estimate of drug-likeness (QED) is 0.817. The van der Waals surface area contributed by atoms with E-state index in [9.17, 15) is 0 Å². The molecule has 0 spiro atoms. The summed E-state index contributed by atoms with van der Waals surface area (Å²) in [6.45, 7) is 0.864. The molecular weight excluding hydrogens is 212 g/mol. The molecule has 2 aliphatic carbocycles. The lowest BCUT2D eigenvalue weighted by molar-refractivity contribution is 0.0301. The molecule has 0 heterocycles. The van der Waals surface area contributed by atoms with Gasteiger partial charge in [-0.2, -0.15) is 0 Å². The lowest BCUT2D eigenvalue weighted by Gasteiger charge is -2.39. The van der Waals surface area contributed by atoms with Gasteiger partial charge >= 0.3 is 0 Å². The third-order valence-electron chi connectivity index (χ3n) is 5.00. The van der Waals surface area contributed by atoms with Gasteiger partial charge in [0, 0.05) is 19.2 Å². The number of hydrogen-bond acceptors (Lipinski definition) is 3. The maximum absolute atomic E-state index is 5.89. The summed E-state index contributed by atoms with van der Waals surface area (Å²) in [6.07, 6.45) is 9.60. The highest BCUT2D eigenvalue weighted by molar-refractivity contribution is 4.89. The Hall–Kier alpha value is -0.120. The normalized spacial score (nSPS) is 38.8. The van der Waals surface area contributed by atoms with Crippen LogP contribution in [0.25, 0.3) is 0 Å². The van der Waals surface area contributed by atoms with Crippen LogP contribution < -0.4 is 5.73 Å². The molecule has 0 saturated heterocycles. The summed E-state index contributed by atoms with van der Waals surface area (Å²) in [4.78, 5) is 2.64. The second kappa shape index (κ2) is 6.17. The van der Waals surface area contributed by atoms with Crippen LogP contribution in [0.2, 0.25) is 0 Å². The van der Waals surface area contributed by atoms with E-state index in [-0.39, 0.29) is 0 Å². The molecule has 2 saturated carbocycles. The van der Waals surface area contributed by atoms with Crippen LogP contribution in [-0.4, -0.2) is 43.8 Å². The minimum atomic E-state index is 0.508. The lowest BCUT2D eigenvalue weighted by Crippen LogP contribution is -2.45. The van der Waals surface area contributed by atoms with Gasteiger partial charge < -0.3 is 15.4 Å². The summed E-state index contributed by atoms with van der Waals surface area (Å²) >= 11 is 0. The summed E-state index contributed by atoms with van der Waals surface area (Å²) < 4.78 is 5.45. The molecule has 2 atom stereocenters. The Morgan fingerprint density at radius 3 is 2.41 bits per heavy atom. The van der Waals surface area contributed by atoms with E-state index in [4.69, 9.17) is 10.5 Å². The molecule has 2 fully saturated rings. The highest BCUT2D eigenvalue weighted by Gasteiger charge is 2.34. The van der Waals surface area contributed by atoms with Crippen LogP contribution in [0.1, 0.15) is 44.9 Å². The standard InChI is InChI=1S/C14H28N2O/c1-16(14-5-3-4-11(14)10-15)12-6-8-13(17-2)9-7-12/h11-14H,3-10,15H2,1-2H3. The molecule has 0 bridgehead atoms. The lowest BCUT2D eigenvalue weighted by atomic mass is 9.90. The Labute approximate surface area is 106 Å². The van der Waals surface area contributed by atoms with Crippen molar-refractivity contribution in [2.75, 3.05) is 20.7 Å². The van der Waals surface area contributed by atoms with Crippen molar-refractivity contribution < 1.29 is 4.74 Å². The van der Waals surface area contributed by atoms with Gasteiger partial charge in [-0.3, -0.25) is 0 Å². The van der Waals surface area contributed by atoms with Crippen molar-refractivity contribution in [1.82, 2.24) is 4.90 Å². The minimum Gasteiger partial charge on any atom is -0.381 e. The largest absolute Gasteiger partial charge is 0.381 e. The van der Waals surface area contributed by atoms with Gasteiger partial charge in [0.25, 0.3) is 0 Å². The van der Waals surface area contributed by atoms with Crippen LogP contribution in [0.5, 0.6) is 0 Å². The highest BCUT2D eigenvalue weighted by atomic mass is 16.5. The molecule has 3 nitrogen and oxygen atoms in total. The smallest absolute Gasteiger partial charge is 0.0572 e. The molecule has 0 aromatic carbocycles. The van der Waals surface area contributed by atoms with Gasteiger partial charge in [0.05, 0.1) is 6.10 Å². The topological polar surface area (TPSA) is 38.5 Å². The number of nitrogens with two attached hydrogens (primary N) is 1. The fourth-order valence-corrected chi connectivity index (χ4v) is 3.79. The summed E-state index contributed by atoms with van der Waals surface area (Å²) in [5.41, 5.74) is 5.89. The van der Waals surface area contributed by atoms with E-state index in [0.29, 0.717) is 6.10 Å². The Kier molecular flexibility index (Phi) is 4.83. The predicted molar refractivity (Wildman–Crippen MR) is 71.0 cm³/mol. The first-order valence-electron chi connectivity index (χ1n) is 7.21. The third kappa shape index (κ3) is 3.01. The fraction of sp³-hybridized carbons (Fsp3) is 1.00. The molecule has 100 valence electrons. The van der Waals surface area contributed by atoms with Crippen molar-refractivity contribution in [3.8, 4) is 0 Å². The molecule has 0 amide bonds. The molecular formula is C14H28N2O. The third-order valence-corrected chi connectivity index (χ3v) is 5.00. The number of hydrogen-bond donors (Lipinski definition) is 1. The maximum atomic E-state index is 5.89. The monoisotopic (exact) mass is 240 g/mol. The van der Waals surface area contributed by atoms with Gasteiger partial charge in [0.2, 0.25) is 0 Å². The van der Waals surface area contributed by atoms with E-state index in [2.05, 4.69) is 11.9 Å². The van der Waals surface area contributed by atoms with E-state index in [1.807, 2.05) is 7.11 Å². The zero-order chi connectivity index (χ0) is 12.3. The van der Waals surface area contributed by atoms with E-state index in [0.717, 1.165) is 24.5 Å². The average molecular weight is 240 g/mol. The maximum Gasteiger partial charge on any atom is 0.0572 e. The van der Waals surface area contributed by atoms with Gasteiger partial charge in [-0.1, -0.05) is 6.42 Å². The zero-order valence-electron chi connectivity index (χ0n) is 11.4. The van der Waals surface area contributed by atoms with Gasteiger partial charge in [0.15, 0.2) is 0 Å². The van der Waals surface area contributed by atoms with E-state index >= 15 is 0 Å². The Bertz CT molecular complexity index is 226. The summed E-state index contributed by atoms with van der Waals surface area (Å²) in [5, 5.41) is 0. The Balaban J connectivity index is 1.85. The molecule has 2 unspecified atom stereocenters. The first-order valence-corrected chi connectivity index (χ1v) is 7.21. The van der Waals surface area contributed by atoms with Gasteiger partial charge in [-0.25, -0.2) is 0 Å². The molecule has 2 rings (SSSR count). The highest BCUT2D eigenvalue weighted by Crippen LogP contribution is 2.33. The molecule has 2 N–H and O–H groups in total. The first-order chi connectivity index (χ1) is 8.26. The second-order valence-electron chi connectivity index (χ2n) is 5.83. The van der Waals surface area contributed by atoms with Crippen LogP contribution in [0.15, 0.2) is 0 Å². The molecule has 0 aliphatic heterocycles. The van der Waals surface area contributed by atoms with Gasteiger partial charge in [-0.15, -0.1) is 0 Å². The van der Waals surface area contributed by atoms with Crippen molar-refractivity contribution in [3.05, 3.63) is 0 Å². The first kappa shape index (κ1) is 13.3. The van der Waals surface area contributed by atoms with Crippen LogP contribution in [0.4, 0.5) is 0 Å². The second-order valence-corrected chi connectivity index (χ2v) is 5.83. The van der Waals surface area contributed by atoms with E-state index in [1.54, 1.807) is 0 Å². The average Bonchev–Trinajstić information content (AvgIpc) is 2.86. The predicted octanol–water partition coefficient (Wildman–Crippen LogP) is 2.00. The van der Waals surface area contributed by atoms with Crippen molar-refractivity contribution >= 4 is 0 Å². The Morgan fingerprint density at radius 2 is 1.82 bits per heavy atom. The van der Waals surface area contributed by atoms with Crippen LogP contribution >= 0.6 is 0 Å². The number of ether oxygens (including phenoxy) is 1. The van der Waals surface area contributed by atoms with Crippen molar-refractivity contribution in [2.24, 2.45) is 11.7 Å². The minimum absolute atomic E-state index is 0.508. The number of nitrogens with zero attached hydrogens (tertiary/aromatic N) is 1. The van der Waals surface area contributed by atoms with Gasteiger partial charge in [-0.05, 0) is 58.0 Å². The molecule has 3 heteroatoms. The van der Waals surface area contributed by atoms with Crippen molar-refractivity contribution in [2.45, 2.75) is 63.1 Å². The van der Waals surface area contributed by atoms with E-state index < -0.39 is 0 Å². The molecule has 0 aromatic rings. The van der Waals surface area contributed by atoms with Crippen molar-refractivity contribution in [3.63, 3.8) is 0 Å². The summed E-state index contributed by atoms with van der Waals surface area (Å²) in [7, 11) is 4.16. The SMILES string of the molecule is COC1CCC(N(C)C2CCCC2CN)CC1. The van der Waals surface area contributed by atoms with Gasteiger partial charge in [0.1, 0.15) is 0 Å². The van der Waals surface area contributed by atoms with Crippen LogP contribution in [-0.2, 0) is 4.74 Å².